The summed E-state index contributed by atoms with van der Waals surface area (Å²) in [6, 6.07) is 7.21. The summed E-state index contributed by atoms with van der Waals surface area (Å²) in [7, 11) is 0. The second kappa shape index (κ2) is 4.06. The van der Waals surface area contributed by atoms with E-state index in [1.807, 2.05) is 29.9 Å². The Kier molecular flexibility index (Phi) is 2.77. The van der Waals surface area contributed by atoms with Gasteiger partial charge in [0.25, 0.3) is 0 Å². The van der Waals surface area contributed by atoms with E-state index >= 15 is 0 Å². The first-order chi connectivity index (χ1) is 7.20. The minimum Gasteiger partial charge on any atom is -0.507 e. The third kappa shape index (κ3) is 2.04. The van der Waals surface area contributed by atoms with Crippen LogP contribution in [0.25, 0.3) is 11.3 Å². The van der Waals surface area contributed by atoms with Crippen molar-refractivity contribution < 1.29 is 5.11 Å². The number of phenols is 1. The van der Waals surface area contributed by atoms with Gasteiger partial charge in [-0.3, -0.25) is 4.68 Å². The normalized spacial score (nSPS) is 10.5. The van der Waals surface area contributed by atoms with Crippen molar-refractivity contribution in [2.24, 2.45) is 0 Å². The molecule has 1 N–H and O–H groups in total. The fourth-order valence-corrected chi connectivity index (χ4v) is 1.76. The van der Waals surface area contributed by atoms with Crippen LogP contribution in [0.15, 0.2) is 34.9 Å². The fourth-order valence-electron chi connectivity index (χ4n) is 1.39. The Hall–Kier alpha value is -1.29. The molecule has 0 saturated carbocycles. The van der Waals surface area contributed by atoms with Crippen molar-refractivity contribution >= 4 is 15.9 Å². The van der Waals surface area contributed by atoms with Crippen molar-refractivity contribution in [2.45, 2.75) is 13.5 Å². The highest BCUT2D eigenvalue weighted by molar-refractivity contribution is 9.10. The van der Waals surface area contributed by atoms with Crippen molar-refractivity contribution in [2.75, 3.05) is 0 Å². The Labute approximate surface area is 96.5 Å². The molecule has 0 aliphatic carbocycles. The molecule has 2 rings (SSSR count). The van der Waals surface area contributed by atoms with Crippen LogP contribution in [0.4, 0.5) is 0 Å². The maximum absolute atomic E-state index is 9.70. The molecular formula is C11H11BrN2O. The Morgan fingerprint density at radius 2 is 2.20 bits per heavy atom. The van der Waals surface area contributed by atoms with Gasteiger partial charge < -0.3 is 5.11 Å². The van der Waals surface area contributed by atoms with Crippen LogP contribution < -0.4 is 0 Å². The predicted molar refractivity (Wildman–Crippen MR) is 62.7 cm³/mol. The summed E-state index contributed by atoms with van der Waals surface area (Å²) in [5.41, 5.74) is 1.53. The van der Waals surface area contributed by atoms with Gasteiger partial charge in [0, 0.05) is 22.8 Å². The lowest BCUT2D eigenvalue weighted by molar-refractivity contribution is 0.477. The molecule has 0 saturated heterocycles. The maximum atomic E-state index is 9.70. The molecule has 15 heavy (non-hydrogen) atoms. The molecule has 2 aromatic rings. The first kappa shape index (κ1) is 10.2. The van der Waals surface area contributed by atoms with E-state index in [1.54, 1.807) is 12.1 Å². The third-order valence-corrected chi connectivity index (χ3v) is 2.69. The first-order valence-electron chi connectivity index (χ1n) is 4.73. The van der Waals surface area contributed by atoms with Gasteiger partial charge in [0.15, 0.2) is 0 Å². The van der Waals surface area contributed by atoms with Crippen LogP contribution in [0.1, 0.15) is 6.92 Å². The second-order valence-electron chi connectivity index (χ2n) is 3.22. The molecule has 0 aliphatic rings. The maximum Gasteiger partial charge on any atom is 0.125 e. The van der Waals surface area contributed by atoms with Crippen molar-refractivity contribution in [1.82, 2.24) is 9.78 Å². The molecule has 0 spiro atoms. The highest BCUT2D eigenvalue weighted by atomic mass is 79.9. The number of hydrogen-bond acceptors (Lipinski definition) is 2. The predicted octanol–water partition coefficient (Wildman–Crippen LogP) is 3.04. The zero-order valence-corrected chi connectivity index (χ0v) is 9.90. The van der Waals surface area contributed by atoms with Crippen molar-refractivity contribution in [3.05, 3.63) is 34.9 Å². The summed E-state index contributed by atoms with van der Waals surface area (Å²) >= 11 is 3.37. The van der Waals surface area contributed by atoms with Crippen LogP contribution in [0.3, 0.4) is 0 Å². The molecule has 78 valence electrons. The lowest BCUT2D eigenvalue weighted by atomic mass is 10.1. The van der Waals surface area contributed by atoms with Gasteiger partial charge in [-0.2, -0.15) is 5.10 Å². The Balaban J connectivity index is 2.48. The highest BCUT2D eigenvalue weighted by Gasteiger charge is 2.07. The topological polar surface area (TPSA) is 38.0 Å². The lowest BCUT2D eigenvalue weighted by Crippen LogP contribution is -1.93. The molecule has 0 bridgehead atoms. The highest BCUT2D eigenvalue weighted by Crippen LogP contribution is 2.30. The zero-order valence-electron chi connectivity index (χ0n) is 8.31. The summed E-state index contributed by atoms with van der Waals surface area (Å²) in [6.45, 7) is 2.85. The van der Waals surface area contributed by atoms with Gasteiger partial charge >= 0.3 is 0 Å². The number of phenolic OH excluding ortho intramolecular Hbond substituents is 1. The van der Waals surface area contributed by atoms with Gasteiger partial charge in [0.1, 0.15) is 5.75 Å². The van der Waals surface area contributed by atoms with Crippen LogP contribution >= 0.6 is 15.9 Å². The van der Waals surface area contributed by atoms with E-state index in [0.29, 0.717) is 0 Å². The van der Waals surface area contributed by atoms with Gasteiger partial charge in [-0.05, 0) is 31.2 Å². The molecule has 3 nitrogen and oxygen atoms in total. The fraction of sp³-hybridized carbons (Fsp3) is 0.182. The van der Waals surface area contributed by atoms with Gasteiger partial charge in [-0.1, -0.05) is 15.9 Å². The molecule has 0 unspecified atom stereocenters. The number of aromatic nitrogens is 2. The number of hydrogen-bond donors (Lipinski definition) is 1. The summed E-state index contributed by atoms with van der Waals surface area (Å²) in [6.07, 6.45) is 1.90. The number of benzene rings is 1. The number of rotatable bonds is 2. The van der Waals surface area contributed by atoms with E-state index < -0.39 is 0 Å². The van der Waals surface area contributed by atoms with Crippen LogP contribution in [-0.4, -0.2) is 14.9 Å². The smallest absolute Gasteiger partial charge is 0.125 e. The van der Waals surface area contributed by atoms with E-state index in [0.717, 1.165) is 22.3 Å². The average Bonchev–Trinajstić information content (AvgIpc) is 2.70. The standard InChI is InChI=1S/C11H11BrN2O/c1-2-14-6-5-10(13-14)9-7-8(12)3-4-11(9)15/h3-7,15H,2H2,1H3. The minimum atomic E-state index is 0.250. The summed E-state index contributed by atoms with van der Waals surface area (Å²) in [5.74, 6) is 0.250. The van der Waals surface area contributed by atoms with Gasteiger partial charge in [0.05, 0.1) is 5.69 Å². The van der Waals surface area contributed by atoms with Gasteiger partial charge in [-0.15, -0.1) is 0 Å². The number of aromatic hydroxyl groups is 1. The molecule has 0 radical (unpaired) electrons. The first-order valence-corrected chi connectivity index (χ1v) is 5.52. The molecule has 0 amide bonds. The number of nitrogens with zero attached hydrogens (tertiary/aromatic N) is 2. The van der Waals surface area contributed by atoms with Crippen LogP contribution in [0, 0.1) is 0 Å². The van der Waals surface area contributed by atoms with Gasteiger partial charge in [-0.25, -0.2) is 0 Å². The monoisotopic (exact) mass is 266 g/mol. The van der Waals surface area contributed by atoms with E-state index in [4.69, 9.17) is 0 Å². The van der Waals surface area contributed by atoms with Crippen molar-refractivity contribution in [3.63, 3.8) is 0 Å². The second-order valence-corrected chi connectivity index (χ2v) is 4.13. The molecule has 0 aliphatic heterocycles. The van der Waals surface area contributed by atoms with Crippen LogP contribution in [0.2, 0.25) is 0 Å². The molecular weight excluding hydrogens is 256 g/mol. The molecule has 0 atom stereocenters. The average molecular weight is 267 g/mol. The zero-order chi connectivity index (χ0) is 10.8. The quantitative estimate of drug-likeness (QED) is 0.908. The number of halogens is 1. The van der Waals surface area contributed by atoms with Crippen molar-refractivity contribution in [3.8, 4) is 17.0 Å². The minimum absolute atomic E-state index is 0.250. The van der Waals surface area contributed by atoms with Gasteiger partial charge in [0.2, 0.25) is 0 Å². The molecule has 4 heteroatoms. The van der Waals surface area contributed by atoms with E-state index in [1.165, 1.54) is 0 Å². The van der Waals surface area contributed by atoms with E-state index in [9.17, 15) is 5.11 Å². The van der Waals surface area contributed by atoms with E-state index in [-0.39, 0.29) is 5.75 Å². The van der Waals surface area contributed by atoms with E-state index in [2.05, 4.69) is 21.0 Å². The number of aryl methyl sites for hydroxylation is 1. The SMILES string of the molecule is CCn1ccc(-c2cc(Br)ccc2O)n1. The van der Waals surface area contributed by atoms with Crippen LogP contribution in [0.5, 0.6) is 5.75 Å². The molecule has 1 aromatic heterocycles. The summed E-state index contributed by atoms with van der Waals surface area (Å²) in [4.78, 5) is 0. The molecule has 1 aromatic carbocycles. The lowest BCUT2D eigenvalue weighted by Gasteiger charge is -2.01. The van der Waals surface area contributed by atoms with Crippen LogP contribution in [-0.2, 0) is 6.54 Å². The largest absolute Gasteiger partial charge is 0.507 e. The third-order valence-electron chi connectivity index (χ3n) is 2.20. The molecule has 1 heterocycles. The Bertz CT molecular complexity index is 479. The van der Waals surface area contributed by atoms with Crippen molar-refractivity contribution in [1.29, 1.82) is 0 Å². The Morgan fingerprint density at radius 1 is 1.40 bits per heavy atom. The summed E-state index contributed by atoms with van der Waals surface area (Å²) < 4.78 is 2.76. The molecule has 0 fully saturated rings. The summed E-state index contributed by atoms with van der Waals surface area (Å²) in [5, 5.41) is 14.0. The Morgan fingerprint density at radius 3 is 2.87 bits per heavy atom.